The minimum atomic E-state index is 0.0863. The van der Waals surface area contributed by atoms with E-state index in [9.17, 15) is 4.79 Å². The van der Waals surface area contributed by atoms with Gasteiger partial charge in [0.1, 0.15) is 0 Å². The van der Waals surface area contributed by atoms with Crippen LogP contribution in [0.5, 0.6) is 0 Å². The Morgan fingerprint density at radius 2 is 2.39 bits per heavy atom. The lowest BCUT2D eigenvalue weighted by molar-refractivity contribution is -0.136. The van der Waals surface area contributed by atoms with Gasteiger partial charge in [-0.15, -0.1) is 0 Å². The van der Waals surface area contributed by atoms with Crippen molar-refractivity contribution in [3.05, 3.63) is 18.5 Å². The molecule has 3 rings (SSSR count). The highest BCUT2D eigenvalue weighted by molar-refractivity contribution is 5.79. The highest BCUT2D eigenvalue weighted by Crippen LogP contribution is 2.24. The lowest BCUT2D eigenvalue weighted by atomic mass is 10.1. The Bertz CT molecular complexity index is 398. The molecule has 98 valence electrons. The molecule has 0 saturated carbocycles. The summed E-state index contributed by atoms with van der Waals surface area (Å²) in [6.45, 7) is 3.03. The topological polar surface area (TPSA) is 47.4 Å². The summed E-state index contributed by atoms with van der Waals surface area (Å²) < 4.78 is 7.23. The Kier molecular flexibility index (Phi) is 3.32. The highest BCUT2D eigenvalue weighted by Gasteiger charge is 2.34. The number of nitrogens with zero attached hydrogens (tertiary/aromatic N) is 3. The summed E-state index contributed by atoms with van der Waals surface area (Å²) in [7, 11) is 0. The molecule has 0 aromatic carbocycles. The van der Waals surface area contributed by atoms with Crippen LogP contribution >= 0.6 is 0 Å². The second-order valence-electron chi connectivity index (χ2n) is 5.12. The molecule has 2 saturated heterocycles. The monoisotopic (exact) mass is 249 g/mol. The van der Waals surface area contributed by atoms with E-state index >= 15 is 0 Å². The molecular weight excluding hydrogens is 230 g/mol. The zero-order chi connectivity index (χ0) is 12.4. The van der Waals surface area contributed by atoms with E-state index in [1.54, 1.807) is 6.20 Å². The second kappa shape index (κ2) is 5.10. The molecule has 1 aromatic heterocycles. The predicted octanol–water partition coefficient (Wildman–Crippen LogP) is 0.911. The van der Waals surface area contributed by atoms with Crippen LogP contribution < -0.4 is 0 Å². The summed E-state index contributed by atoms with van der Waals surface area (Å²) in [6.07, 6.45) is 6.81. The van der Waals surface area contributed by atoms with Crippen molar-refractivity contribution in [2.24, 2.45) is 5.92 Å². The van der Waals surface area contributed by atoms with Gasteiger partial charge in [-0.25, -0.2) is 0 Å². The van der Waals surface area contributed by atoms with Crippen LogP contribution in [0.15, 0.2) is 18.5 Å². The van der Waals surface area contributed by atoms with Crippen molar-refractivity contribution in [1.82, 2.24) is 14.7 Å². The van der Waals surface area contributed by atoms with Gasteiger partial charge in [0.25, 0.3) is 0 Å². The third kappa shape index (κ3) is 2.27. The first-order chi connectivity index (χ1) is 8.84. The van der Waals surface area contributed by atoms with Crippen LogP contribution in [-0.2, 0) is 16.1 Å². The molecule has 1 aromatic rings. The van der Waals surface area contributed by atoms with Gasteiger partial charge in [0, 0.05) is 25.5 Å². The van der Waals surface area contributed by atoms with E-state index in [0.29, 0.717) is 12.6 Å². The van der Waals surface area contributed by atoms with Crippen molar-refractivity contribution >= 4 is 5.91 Å². The summed E-state index contributed by atoms with van der Waals surface area (Å²) in [5, 5.41) is 4.23. The van der Waals surface area contributed by atoms with E-state index in [2.05, 4.69) is 5.10 Å². The maximum Gasteiger partial charge on any atom is 0.228 e. The minimum absolute atomic E-state index is 0.0863. The van der Waals surface area contributed by atoms with Gasteiger partial charge in [-0.05, 0) is 25.3 Å². The fourth-order valence-corrected chi connectivity index (χ4v) is 2.90. The van der Waals surface area contributed by atoms with Crippen LogP contribution in [0.25, 0.3) is 0 Å². The Morgan fingerprint density at radius 1 is 1.44 bits per heavy atom. The molecule has 0 unspecified atom stereocenters. The number of hydrogen-bond acceptors (Lipinski definition) is 3. The van der Waals surface area contributed by atoms with Gasteiger partial charge in [-0.2, -0.15) is 5.10 Å². The van der Waals surface area contributed by atoms with Crippen molar-refractivity contribution in [3.8, 4) is 0 Å². The minimum Gasteiger partial charge on any atom is -0.381 e. The fraction of sp³-hybridized carbons (Fsp3) is 0.692. The number of rotatable bonds is 3. The zero-order valence-electron chi connectivity index (χ0n) is 10.5. The summed E-state index contributed by atoms with van der Waals surface area (Å²) in [6, 6.07) is 2.23. The molecular formula is C13H19N3O2. The Morgan fingerprint density at radius 3 is 3.11 bits per heavy atom. The molecule has 2 fully saturated rings. The van der Waals surface area contributed by atoms with E-state index in [4.69, 9.17) is 4.74 Å². The van der Waals surface area contributed by atoms with Crippen LogP contribution in [-0.4, -0.2) is 46.4 Å². The smallest absolute Gasteiger partial charge is 0.228 e. The molecule has 2 aliphatic rings. The van der Waals surface area contributed by atoms with Crippen molar-refractivity contribution in [2.45, 2.75) is 31.8 Å². The molecule has 2 aliphatic heterocycles. The second-order valence-corrected chi connectivity index (χ2v) is 5.12. The number of aromatic nitrogens is 2. The van der Waals surface area contributed by atoms with Gasteiger partial charge in [-0.1, -0.05) is 0 Å². The van der Waals surface area contributed by atoms with Crippen molar-refractivity contribution in [1.29, 1.82) is 0 Å². The molecule has 18 heavy (non-hydrogen) atoms. The third-order valence-corrected chi connectivity index (χ3v) is 3.90. The van der Waals surface area contributed by atoms with Gasteiger partial charge < -0.3 is 9.64 Å². The van der Waals surface area contributed by atoms with Crippen molar-refractivity contribution in [3.63, 3.8) is 0 Å². The maximum absolute atomic E-state index is 12.4. The highest BCUT2D eigenvalue weighted by atomic mass is 16.5. The van der Waals surface area contributed by atoms with Gasteiger partial charge in [0.15, 0.2) is 0 Å². The summed E-state index contributed by atoms with van der Waals surface area (Å²) in [5.74, 6) is 0.366. The number of ether oxygens (including phenoxy) is 1. The molecule has 3 heterocycles. The van der Waals surface area contributed by atoms with Crippen LogP contribution in [0.1, 0.15) is 19.3 Å². The van der Waals surface area contributed by atoms with Crippen LogP contribution in [0.3, 0.4) is 0 Å². The quantitative estimate of drug-likeness (QED) is 0.800. The molecule has 0 aliphatic carbocycles. The standard InChI is InChI=1S/C13H19N3O2/c17-13(11-4-8-18-10-11)16-7-1-3-12(16)9-15-6-2-5-14-15/h2,5-6,11-12H,1,3-4,7-10H2/t11-,12+/m0/s1. The van der Waals surface area contributed by atoms with Crippen molar-refractivity contribution in [2.75, 3.05) is 19.8 Å². The molecule has 2 atom stereocenters. The Hall–Kier alpha value is -1.36. The van der Waals surface area contributed by atoms with Crippen molar-refractivity contribution < 1.29 is 9.53 Å². The van der Waals surface area contributed by atoms with E-state index in [1.807, 2.05) is 21.8 Å². The molecule has 0 spiro atoms. The largest absolute Gasteiger partial charge is 0.381 e. The number of amides is 1. The van der Waals surface area contributed by atoms with Gasteiger partial charge in [0.2, 0.25) is 5.91 Å². The predicted molar refractivity (Wildman–Crippen MR) is 65.9 cm³/mol. The third-order valence-electron chi connectivity index (χ3n) is 3.90. The van der Waals surface area contributed by atoms with Crippen LogP contribution in [0.2, 0.25) is 0 Å². The molecule has 0 bridgehead atoms. The average Bonchev–Trinajstić information content (AvgIpc) is 3.12. The van der Waals surface area contributed by atoms with E-state index in [-0.39, 0.29) is 11.8 Å². The molecule has 5 heteroatoms. The number of hydrogen-bond donors (Lipinski definition) is 0. The first kappa shape index (κ1) is 11.7. The first-order valence-electron chi connectivity index (χ1n) is 6.70. The number of carbonyl (C=O) groups excluding carboxylic acids is 1. The maximum atomic E-state index is 12.4. The van der Waals surface area contributed by atoms with Crippen LogP contribution in [0, 0.1) is 5.92 Å². The molecule has 1 amide bonds. The summed E-state index contributed by atoms with van der Waals surface area (Å²) in [4.78, 5) is 14.4. The van der Waals surface area contributed by atoms with Gasteiger partial charge in [0.05, 0.1) is 25.1 Å². The molecule has 5 nitrogen and oxygen atoms in total. The van der Waals surface area contributed by atoms with E-state index in [0.717, 1.165) is 39.0 Å². The molecule has 0 N–H and O–H groups in total. The van der Waals surface area contributed by atoms with Crippen LogP contribution in [0.4, 0.5) is 0 Å². The average molecular weight is 249 g/mol. The lowest BCUT2D eigenvalue weighted by Gasteiger charge is -2.27. The summed E-state index contributed by atoms with van der Waals surface area (Å²) in [5.41, 5.74) is 0. The van der Waals surface area contributed by atoms with Gasteiger partial charge in [-0.3, -0.25) is 9.48 Å². The molecule has 0 radical (unpaired) electrons. The number of carbonyl (C=O) groups is 1. The Labute approximate surface area is 107 Å². The van der Waals surface area contributed by atoms with E-state index in [1.165, 1.54) is 0 Å². The number of likely N-dealkylation sites (tertiary alicyclic amines) is 1. The van der Waals surface area contributed by atoms with Gasteiger partial charge >= 0.3 is 0 Å². The Balaban J connectivity index is 1.65. The SMILES string of the molecule is O=C([C@H]1CCOC1)N1CCC[C@@H]1Cn1cccn1. The summed E-state index contributed by atoms with van der Waals surface area (Å²) >= 11 is 0. The zero-order valence-corrected chi connectivity index (χ0v) is 10.5. The first-order valence-corrected chi connectivity index (χ1v) is 6.70. The normalized spacial score (nSPS) is 27.9. The lowest BCUT2D eigenvalue weighted by Crippen LogP contribution is -2.41. The van der Waals surface area contributed by atoms with E-state index < -0.39 is 0 Å². The fourth-order valence-electron chi connectivity index (χ4n) is 2.90.